The van der Waals surface area contributed by atoms with Gasteiger partial charge in [0.15, 0.2) is 0 Å². The molecule has 2 nitrogen and oxygen atoms in total. The van der Waals surface area contributed by atoms with Crippen LogP contribution in [0.1, 0.15) is 64.5 Å². The summed E-state index contributed by atoms with van der Waals surface area (Å²) in [7, 11) is 0. The monoisotopic (exact) mass is 292 g/mol. The van der Waals surface area contributed by atoms with Crippen molar-refractivity contribution in [2.24, 2.45) is 0 Å². The van der Waals surface area contributed by atoms with Crippen LogP contribution in [0.15, 0.2) is 23.4 Å². The fraction of sp³-hybridized carbons (Fsp3) is 0.706. The zero-order valence-electron chi connectivity index (χ0n) is 13.1. The summed E-state index contributed by atoms with van der Waals surface area (Å²) in [6.07, 6.45) is 8.53. The van der Waals surface area contributed by atoms with E-state index in [4.69, 9.17) is 0 Å². The van der Waals surface area contributed by atoms with Crippen molar-refractivity contribution in [3.63, 3.8) is 0 Å². The van der Waals surface area contributed by atoms with Gasteiger partial charge >= 0.3 is 0 Å². The first-order chi connectivity index (χ1) is 9.72. The second-order valence-corrected chi connectivity index (χ2v) is 7.53. The number of aromatic nitrogens is 1. The van der Waals surface area contributed by atoms with Crippen molar-refractivity contribution in [1.29, 1.82) is 0 Å². The van der Waals surface area contributed by atoms with Crippen LogP contribution in [-0.4, -0.2) is 28.2 Å². The molecule has 0 bridgehead atoms. The number of hydrogen-bond acceptors (Lipinski definition) is 3. The minimum Gasteiger partial charge on any atom is -0.296 e. The lowest BCUT2D eigenvalue weighted by atomic mass is 9.96. The van der Waals surface area contributed by atoms with Crippen molar-refractivity contribution < 1.29 is 0 Å². The number of rotatable bonds is 6. The fourth-order valence-electron chi connectivity index (χ4n) is 2.95. The Morgan fingerprint density at radius 1 is 1.40 bits per heavy atom. The molecule has 1 unspecified atom stereocenters. The van der Waals surface area contributed by atoms with E-state index in [2.05, 4.69) is 42.8 Å². The minimum absolute atomic E-state index is 0.588. The standard InChI is InChI=1S/C17H28N2S/c1-4-5-12-19-13-7-6-10-16(19)15-9-8-11-18-17(15)20-14(2)3/h8-9,11,14,16H,4-7,10,12-13H2,1-3H3. The van der Waals surface area contributed by atoms with Crippen molar-refractivity contribution in [1.82, 2.24) is 9.88 Å². The highest BCUT2D eigenvalue weighted by Gasteiger charge is 2.26. The van der Waals surface area contributed by atoms with Gasteiger partial charge in [-0.3, -0.25) is 4.90 Å². The van der Waals surface area contributed by atoms with Gasteiger partial charge in [-0.2, -0.15) is 0 Å². The summed E-state index contributed by atoms with van der Waals surface area (Å²) in [6.45, 7) is 9.27. The molecule has 1 aromatic heterocycles. The maximum atomic E-state index is 4.65. The Bertz CT molecular complexity index is 406. The molecule has 0 N–H and O–H groups in total. The summed E-state index contributed by atoms with van der Waals surface area (Å²) < 4.78 is 0. The number of unbranched alkanes of at least 4 members (excludes halogenated alkanes) is 1. The van der Waals surface area contributed by atoms with Gasteiger partial charge in [-0.05, 0) is 38.4 Å². The van der Waals surface area contributed by atoms with Gasteiger partial charge in [0.1, 0.15) is 5.03 Å². The van der Waals surface area contributed by atoms with Gasteiger partial charge in [0.25, 0.3) is 0 Å². The van der Waals surface area contributed by atoms with E-state index in [1.54, 1.807) is 0 Å². The first-order valence-electron chi connectivity index (χ1n) is 8.08. The van der Waals surface area contributed by atoms with Crippen molar-refractivity contribution in [2.45, 2.75) is 69.2 Å². The Kier molecular flexibility index (Phi) is 6.37. The Labute approximate surface area is 128 Å². The maximum Gasteiger partial charge on any atom is 0.101 e. The summed E-state index contributed by atoms with van der Waals surface area (Å²) in [5.74, 6) is 0. The summed E-state index contributed by atoms with van der Waals surface area (Å²) >= 11 is 1.91. The van der Waals surface area contributed by atoms with Gasteiger partial charge < -0.3 is 0 Å². The van der Waals surface area contributed by atoms with Crippen molar-refractivity contribution in [3.8, 4) is 0 Å². The molecule has 1 aliphatic heterocycles. The Hall–Kier alpha value is -0.540. The lowest BCUT2D eigenvalue weighted by Crippen LogP contribution is -2.34. The fourth-order valence-corrected chi connectivity index (χ4v) is 3.86. The molecule has 0 radical (unpaired) electrons. The first kappa shape index (κ1) is 15.8. The van der Waals surface area contributed by atoms with E-state index in [-0.39, 0.29) is 0 Å². The molecule has 2 heterocycles. The van der Waals surface area contributed by atoms with Crippen molar-refractivity contribution >= 4 is 11.8 Å². The molecule has 0 spiro atoms. The predicted molar refractivity (Wildman–Crippen MR) is 88.3 cm³/mol. The second kappa shape index (κ2) is 8.04. The minimum atomic E-state index is 0.588. The number of hydrogen-bond donors (Lipinski definition) is 0. The molecule has 0 amide bonds. The average molecular weight is 292 g/mol. The highest BCUT2D eigenvalue weighted by Crippen LogP contribution is 2.36. The van der Waals surface area contributed by atoms with E-state index < -0.39 is 0 Å². The van der Waals surface area contributed by atoms with E-state index in [1.807, 2.05) is 18.0 Å². The third-order valence-electron chi connectivity index (χ3n) is 3.92. The van der Waals surface area contributed by atoms with Gasteiger partial charge in [0.05, 0.1) is 0 Å². The molecule has 2 rings (SSSR count). The molecule has 3 heteroatoms. The Balaban J connectivity index is 2.18. The van der Waals surface area contributed by atoms with Crippen LogP contribution in [0.4, 0.5) is 0 Å². The van der Waals surface area contributed by atoms with Crippen LogP contribution in [0, 0.1) is 0 Å². The number of thioether (sulfide) groups is 1. The maximum absolute atomic E-state index is 4.65. The molecule has 1 fully saturated rings. The third-order valence-corrected chi connectivity index (χ3v) is 4.96. The summed E-state index contributed by atoms with van der Waals surface area (Å²) in [5.41, 5.74) is 1.46. The van der Waals surface area contributed by atoms with Crippen LogP contribution in [0.3, 0.4) is 0 Å². The number of likely N-dealkylation sites (tertiary alicyclic amines) is 1. The molecule has 1 aliphatic rings. The number of piperidine rings is 1. The van der Waals surface area contributed by atoms with E-state index in [1.165, 1.54) is 55.8 Å². The topological polar surface area (TPSA) is 16.1 Å². The van der Waals surface area contributed by atoms with Gasteiger partial charge in [-0.25, -0.2) is 4.98 Å². The molecule has 1 saturated heterocycles. The van der Waals surface area contributed by atoms with Gasteiger partial charge in [0, 0.05) is 23.1 Å². The van der Waals surface area contributed by atoms with Crippen LogP contribution < -0.4 is 0 Å². The predicted octanol–water partition coefficient (Wildman–Crippen LogP) is 4.91. The largest absolute Gasteiger partial charge is 0.296 e. The highest BCUT2D eigenvalue weighted by atomic mass is 32.2. The van der Waals surface area contributed by atoms with Crippen molar-refractivity contribution in [3.05, 3.63) is 23.9 Å². The molecular formula is C17H28N2S. The first-order valence-corrected chi connectivity index (χ1v) is 8.96. The number of pyridine rings is 1. The van der Waals surface area contributed by atoms with E-state index in [9.17, 15) is 0 Å². The quantitative estimate of drug-likeness (QED) is 0.693. The summed E-state index contributed by atoms with van der Waals surface area (Å²) in [5, 5.41) is 1.84. The lowest BCUT2D eigenvalue weighted by Gasteiger charge is -2.36. The lowest BCUT2D eigenvalue weighted by molar-refractivity contribution is 0.144. The summed E-state index contributed by atoms with van der Waals surface area (Å²) in [6, 6.07) is 4.99. The van der Waals surface area contributed by atoms with Crippen LogP contribution in [0.25, 0.3) is 0 Å². The molecule has 0 aromatic carbocycles. The zero-order valence-corrected chi connectivity index (χ0v) is 14.0. The zero-order chi connectivity index (χ0) is 14.4. The molecule has 0 saturated carbocycles. The SMILES string of the molecule is CCCCN1CCCCC1c1cccnc1SC(C)C. The van der Waals surface area contributed by atoms with Gasteiger partial charge in [0.2, 0.25) is 0 Å². The average Bonchev–Trinajstić information content (AvgIpc) is 2.45. The number of nitrogens with zero attached hydrogens (tertiary/aromatic N) is 2. The van der Waals surface area contributed by atoms with E-state index in [0.717, 1.165) is 0 Å². The Morgan fingerprint density at radius 2 is 2.25 bits per heavy atom. The van der Waals surface area contributed by atoms with Crippen molar-refractivity contribution in [2.75, 3.05) is 13.1 Å². The van der Waals surface area contributed by atoms with Gasteiger partial charge in [-0.1, -0.05) is 39.7 Å². The van der Waals surface area contributed by atoms with Crippen LogP contribution in [0.2, 0.25) is 0 Å². The van der Waals surface area contributed by atoms with Gasteiger partial charge in [-0.15, -0.1) is 11.8 Å². The summed E-state index contributed by atoms with van der Waals surface area (Å²) in [4.78, 5) is 7.33. The molecule has 1 atom stereocenters. The normalized spacial score (nSPS) is 20.5. The van der Waals surface area contributed by atoms with Crippen LogP contribution >= 0.6 is 11.8 Å². The molecule has 0 aliphatic carbocycles. The second-order valence-electron chi connectivity index (χ2n) is 5.97. The highest BCUT2D eigenvalue weighted by molar-refractivity contribution is 7.99. The van der Waals surface area contributed by atoms with E-state index in [0.29, 0.717) is 11.3 Å². The van der Waals surface area contributed by atoms with Crippen LogP contribution in [-0.2, 0) is 0 Å². The van der Waals surface area contributed by atoms with Crippen LogP contribution in [0.5, 0.6) is 0 Å². The molecule has 1 aromatic rings. The van der Waals surface area contributed by atoms with E-state index >= 15 is 0 Å². The molecular weight excluding hydrogens is 264 g/mol. The molecule has 112 valence electrons. The Morgan fingerprint density at radius 3 is 3.00 bits per heavy atom. The smallest absolute Gasteiger partial charge is 0.101 e. The molecule has 20 heavy (non-hydrogen) atoms. The third kappa shape index (κ3) is 4.23.